The van der Waals surface area contributed by atoms with E-state index in [9.17, 15) is 4.79 Å². The van der Waals surface area contributed by atoms with Gasteiger partial charge in [0.1, 0.15) is 5.75 Å². The van der Waals surface area contributed by atoms with Crippen molar-refractivity contribution in [1.29, 1.82) is 0 Å². The summed E-state index contributed by atoms with van der Waals surface area (Å²) in [6.07, 6.45) is 14.1. The highest BCUT2D eigenvalue weighted by atomic mass is 28.4. The third-order valence-electron chi connectivity index (χ3n) is 10.5. The maximum absolute atomic E-state index is 12.1. The van der Waals surface area contributed by atoms with Crippen molar-refractivity contribution in [3.8, 4) is 5.75 Å². The van der Waals surface area contributed by atoms with E-state index in [0.717, 1.165) is 42.7 Å². The third-order valence-corrected chi connectivity index (χ3v) is 15.0. The van der Waals surface area contributed by atoms with E-state index in [2.05, 4.69) is 78.9 Å². The molecule has 236 valence electrons. The number of hydrogen-bond acceptors (Lipinski definition) is 4. The molecule has 2 aliphatic carbocycles. The third kappa shape index (κ3) is 6.98. The lowest BCUT2D eigenvalue weighted by atomic mass is 9.66. The van der Waals surface area contributed by atoms with E-state index in [0.29, 0.717) is 12.2 Å². The van der Waals surface area contributed by atoms with Gasteiger partial charge in [0.15, 0.2) is 8.32 Å². The minimum atomic E-state index is -1.99. The van der Waals surface area contributed by atoms with E-state index in [-0.39, 0.29) is 27.9 Å². The van der Waals surface area contributed by atoms with E-state index < -0.39 is 8.32 Å². The number of carbonyl (C=O) groups is 1. The van der Waals surface area contributed by atoms with Gasteiger partial charge < -0.3 is 13.9 Å². The summed E-state index contributed by atoms with van der Waals surface area (Å²) in [4.78, 5) is 12.1. The normalized spacial score (nSPS) is 23.4. The molecule has 4 nitrogen and oxygen atoms in total. The summed E-state index contributed by atoms with van der Waals surface area (Å²) < 4.78 is 19.1. The van der Waals surface area contributed by atoms with Gasteiger partial charge in [0.2, 0.25) is 0 Å². The second-order valence-corrected chi connectivity index (χ2v) is 19.6. The van der Waals surface area contributed by atoms with Crippen molar-refractivity contribution in [2.45, 2.75) is 135 Å². The summed E-state index contributed by atoms with van der Waals surface area (Å²) in [5.41, 5.74) is 5.53. The Morgan fingerprint density at radius 2 is 1.56 bits per heavy atom. The van der Waals surface area contributed by atoms with Crippen molar-refractivity contribution in [3.05, 3.63) is 64.2 Å². The van der Waals surface area contributed by atoms with Crippen molar-refractivity contribution in [1.82, 2.24) is 0 Å². The van der Waals surface area contributed by atoms with E-state index >= 15 is 0 Å². The highest BCUT2D eigenvalue weighted by molar-refractivity contribution is 6.74. The van der Waals surface area contributed by atoms with Crippen molar-refractivity contribution in [2.75, 3.05) is 13.2 Å². The van der Waals surface area contributed by atoms with Crippen LogP contribution < -0.4 is 4.74 Å². The van der Waals surface area contributed by atoms with Crippen LogP contribution in [0.5, 0.6) is 5.75 Å². The fourth-order valence-electron chi connectivity index (χ4n) is 6.89. The average Bonchev–Trinajstić information content (AvgIpc) is 3.03. The molecule has 2 aliphatic rings. The maximum Gasteiger partial charge on any atom is 0.338 e. The molecular formula is C38H56O4Si. The van der Waals surface area contributed by atoms with Crippen LogP contribution in [-0.4, -0.2) is 33.6 Å². The molecule has 2 bridgehead atoms. The minimum Gasteiger partial charge on any atom is -0.493 e. The van der Waals surface area contributed by atoms with E-state index in [4.69, 9.17) is 13.9 Å². The Balaban J connectivity index is 1.70. The van der Waals surface area contributed by atoms with Gasteiger partial charge in [0.05, 0.1) is 24.9 Å². The molecule has 0 radical (unpaired) electrons. The molecule has 0 aromatic heterocycles. The number of rotatable bonds is 13. The molecule has 1 fully saturated rings. The Hall–Kier alpha value is -2.37. The van der Waals surface area contributed by atoms with Gasteiger partial charge in [-0.15, -0.1) is 0 Å². The van der Waals surface area contributed by atoms with Crippen molar-refractivity contribution in [3.63, 3.8) is 0 Å². The van der Waals surface area contributed by atoms with Crippen LogP contribution in [0, 0.1) is 0 Å². The lowest BCUT2D eigenvalue weighted by Crippen LogP contribution is -2.55. The first-order valence-corrected chi connectivity index (χ1v) is 19.6. The monoisotopic (exact) mass is 604 g/mol. The number of carbonyl (C=O) groups excluding carboxylic acids is 1. The zero-order valence-electron chi connectivity index (χ0n) is 28.4. The highest BCUT2D eigenvalue weighted by Gasteiger charge is 2.60. The van der Waals surface area contributed by atoms with Gasteiger partial charge in [-0.2, -0.15) is 0 Å². The van der Waals surface area contributed by atoms with Gasteiger partial charge in [-0.3, -0.25) is 0 Å². The van der Waals surface area contributed by atoms with Gasteiger partial charge >= 0.3 is 5.97 Å². The molecule has 0 amide bonds. The molecule has 1 saturated carbocycles. The Morgan fingerprint density at radius 3 is 2.16 bits per heavy atom. The fourth-order valence-corrected chi connectivity index (χ4v) is 8.35. The number of fused-ring (bicyclic) bond motifs is 5. The standard InChI is InChI=1S/C38H56O4Si/c1-10-12-13-14-15-25-41-33-27-32-31(26-30(33)22-19-28-17-20-29(21-18-28)34(39)40-11-2)37(6)23-16-24-38(32,7)35(37)42-43(8,9)36(3,4)5/h17-22,26-27,35H,10-16,23-25H2,1-9H3/b22-19+. The molecule has 3 unspecified atom stereocenters. The van der Waals surface area contributed by atoms with E-state index in [1.165, 1.54) is 43.2 Å². The lowest BCUT2D eigenvalue weighted by molar-refractivity contribution is 0.0182. The predicted octanol–water partition coefficient (Wildman–Crippen LogP) is 10.5. The first-order chi connectivity index (χ1) is 20.3. The number of ether oxygens (including phenoxy) is 2. The fraction of sp³-hybridized carbons (Fsp3) is 0.605. The Kier molecular flexibility index (Phi) is 10.4. The molecule has 0 saturated heterocycles. The van der Waals surface area contributed by atoms with Gasteiger partial charge in [0.25, 0.3) is 0 Å². The summed E-state index contributed by atoms with van der Waals surface area (Å²) in [6, 6.07) is 12.4. The van der Waals surface area contributed by atoms with Crippen LogP contribution in [0.3, 0.4) is 0 Å². The number of benzene rings is 2. The molecule has 4 rings (SSSR count). The molecule has 0 spiro atoms. The number of unbranched alkanes of at least 4 members (excludes halogenated alkanes) is 4. The minimum absolute atomic E-state index is 0.0255. The Bertz CT molecular complexity index is 1290. The van der Waals surface area contributed by atoms with Crippen LogP contribution in [0.2, 0.25) is 18.1 Å². The van der Waals surface area contributed by atoms with Gasteiger partial charge in [-0.25, -0.2) is 4.79 Å². The number of hydrogen-bond donors (Lipinski definition) is 0. The van der Waals surface area contributed by atoms with Crippen LogP contribution in [0.1, 0.15) is 132 Å². The summed E-state index contributed by atoms with van der Waals surface area (Å²) >= 11 is 0. The number of esters is 1. The smallest absolute Gasteiger partial charge is 0.338 e. The SMILES string of the molecule is CCCCCCCOc1cc2c(cc1/C=C/c1ccc(C(=O)OCC)cc1)C1(C)CCCC2(C)C1O[Si](C)(C)C(C)(C)C. The molecule has 0 N–H and O–H groups in total. The van der Waals surface area contributed by atoms with Crippen LogP contribution in [0.4, 0.5) is 0 Å². The van der Waals surface area contributed by atoms with E-state index in [1.807, 2.05) is 31.2 Å². The van der Waals surface area contributed by atoms with Gasteiger partial charge in [0, 0.05) is 16.4 Å². The molecule has 2 aromatic rings. The summed E-state index contributed by atoms with van der Waals surface area (Å²) in [7, 11) is -1.99. The molecule has 0 heterocycles. The van der Waals surface area contributed by atoms with Crippen molar-refractivity contribution < 1.29 is 18.7 Å². The Morgan fingerprint density at radius 1 is 0.930 bits per heavy atom. The molecule has 43 heavy (non-hydrogen) atoms. The van der Waals surface area contributed by atoms with Crippen LogP contribution >= 0.6 is 0 Å². The van der Waals surface area contributed by atoms with Crippen molar-refractivity contribution in [2.24, 2.45) is 0 Å². The first kappa shape index (κ1) is 33.5. The van der Waals surface area contributed by atoms with Crippen LogP contribution in [-0.2, 0) is 20.0 Å². The van der Waals surface area contributed by atoms with Crippen LogP contribution in [0.15, 0.2) is 36.4 Å². The molecule has 5 heteroatoms. The van der Waals surface area contributed by atoms with Crippen molar-refractivity contribution >= 4 is 26.4 Å². The summed E-state index contributed by atoms with van der Waals surface area (Å²) in [6.45, 7) is 21.9. The molecule has 2 aromatic carbocycles. The maximum atomic E-state index is 12.1. The zero-order chi connectivity index (χ0) is 31.5. The van der Waals surface area contributed by atoms with Gasteiger partial charge in [-0.05, 0) is 85.3 Å². The molecular weight excluding hydrogens is 549 g/mol. The second-order valence-electron chi connectivity index (χ2n) is 14.8. The van der Waals surface area contributed by atoms with Gasteiger partial charge in [-0.1, -0.05) is 97.9 Å². The largest absolute Gasteiger partial charge is 0.493 e. The lowest BCUT2D eigenvalue weighted by Gasteiger charge is -2.50. The summed E-state index contributed by atoms with van der Waals surface area (Å²) in [5, 5.41) is 0.158. The first-order valence-electron chi connectivity index (χ1n) is 16.7. The predicted molar refractivity (Wildman–Crippen MR) is 183 cm³/mol. The van der Waals surface area contributed by atoms with E-state index in [1.54, 1.807) is 0 Å². The Labute approximate surface area is 262 Å². The summed E-state index contributed by atoms with van der Waals surface area (Å²) in [5.74, 6) is 0.686. The topological polar surface area (TPSA) is 44.8 Å². The second kappa shape index (κ2) is 13.3. The molecule has 3 atom stereocenters. The van der Waals surface area contributed by atoms with Crippen LogP contribution in [0.25, 0.3) is 12.2 Å². The quantitative estimate of drug-likeness (QED) is 0.0987. The highest BCUT2D eigenvalue weighted by Crippen LogP contribution is 2.61. The average molecular weight is 605 g/mol. The molecule has 0 aliphatic heterocycles. The zero-order valence-corrected chi connectivity index (χ0v) is 29.4.